The summed E-state index contributed by atoms with van der Waals surface area (Å²) in [5.74, 6) is -2.49. The number of carboxylic acid groups (broad SMARTS) is 1. The van der Waals surface area contributed by atoms with Crippen molar-refractivity contribution in [3.05, 3.63) is 22.5 Å². The molecule has 0 radical (unpaired) electrons. The molecule has 1 aliphatic heterocycles. The van der Waals surface area contributed by atoms with E-state index in [2.05, 4.69) is 9.88 Å². The molecule has 0 saturated carbocycles. The summed E-state index contributed by atoms with van der Waals surface area (Å²) in [6.45, 7) is 6.63. The highest BCUT2D eigenvalue weighted by molar-refractivity contribution is 6.02. The van der Waals surface area contributed by atoms with Crippen LogP contribution >= 0.6 is 0 Å². The maximum absolute atomic E-state index is 13.3. The molecule has 0 atom stereocenters. The van der Waals surface area contributed by atoms with Crippen molar-refractivity contribution in [1.82, 2.24) is 14.8 Å². The van der Waals surface area contributed by atoms with Crippen molar-refractivity contribution in [2.24, 2.45) is 0 Å². The van der Waals surface area contributed by atoms with Crippen molar-refractivity contribution in [2.75, 3.05) is 32.7 Å². The minimum atomic E-state index is -4.91. The third-order valence-electron chi connectivity index (χ3n) is 4.29. The summed E-state index contributed by atoms with van der Waals surface area (Å²) in [6, 6.07) is 0. The van der Waals surface area contributed by atoms with Crippen LogP contribution in [-0.2, 0) is 12.6 Å². The van der Waals surface area contributed by atoms with Gasteiger partial charge in [-0.3, -0.25) is 4.79 Å². The zero-order chi connectivity index (χ0) is 18.1. The molecule has 2 heterocycles. The Morgan fingerprint density at radius 1 is 1.33 bits per heavy atom. The highest BCUT2D eigenvalue weighted by Gasteiger charge is 2.45. The number of halogens is 3. The number of aromatic amines is 1. The Morgan fingerprint density at radius 2 is 1.96 bits per heavy atom. The third kappa shape index (κ3) is 3.40. The molecule has 0 fully saturated rings. The van der Waals surface area contributed by atoms with Gasteiger partial charge >= 0.3 is 12.1 Å². The van der Waals surface area contributed by atoms with Gasteiger partial charge in [0, 0.05) is 31.7 Å². The fourth-order valence-electron chi connectivity index (χ4n) is 2.94. The fourth-order valence-corrected chi connectivity index (χ4v) is 2.94. The lowest BCUT2D eigenvalue weighted by molar-refractivity contribution is -0.138. The van der Waals surface area contributed by atoms with Crippen molar-refractivity contribution in [2.45, 2.75) is 26.4 Å². The number of aromatic nitrogens is 1. The van der Waals surface area contributed by atoms with Crippen molar-refractivity contribution in [1.29, 1.82) is 0 Å². The molecule has 1 aromatic rings. The number of alkyl halides is 3. The monoisotopic (exact) mass is 347 g/mol. The molecule has 1 amide bonds. The number of carboxylic acids is 1. The van der Waals surface area contributed by atoms with E-state index in [9.17, 15) is 22.8 Å². The standard InChI is InChI=1S/C15H20F3N3O3/c1-3-20(4-2)7-8-21-6-5-9-10(13(21)22)11(15(16,17)18)12(19-9)14(23)24/h19H,3-8H2,1-2H3,(H,23,24). The van der Waals surface area contributed by atoms with E-state index in [0.29, 0.717) is 13.1 Å². The van der Waals surface area contributed by atoms with Gasteiger partial charge in [-0.05, 0) is 13.1 Å². The number of nitrogens with zero attached hydrogens (tertiary/aromatic N) is 2. The molecule has 24 heavy (non-hydrogen) atoms. The van der Waals surface area contributed by atoms with Crippen LogP contribution in [0.3, 0.4) is 0 Å². The number of hydrogen-bond donors (Lipinski definition) is 2. The van der Waals surface area contributed by atoms with Crippen LogP contribution in [0.1, 0.15) is 46.0 Å². The lowest BCUT2D eigenvalue weighted by Crippen LogP contribution is -2.43. The van der Waals surface area contributed by atoms with Gasteiger partial charge in [0.2, 0.25) is 0 Å². The Balaban J connectivity index is 2.33. The number of H-pyrrole nitrogens is 1. The molecule has 1 aromatic heterocycles. The van der Waals surface area contributed by atoms with Gasteiger partial charge in [0.05, 0.1) is 5.56 Å². The normalized spacial score (nSPS) is 15.1. The van der Waals surface area contributed by atoms with Crippen molar-refractivity contribution in [3.63, 3.8) is 0 Å². The maximum Gasteiger partial charge on any atom is 0.419 e. The van der Waals surface area contributed by atoms with Crippen molar-refractivity contribution < 1.29 is 27.9 Å². The molecule has 0 saturated heterocycles. The molecule has 0 spiro atoms. The van der Waals surface area contributed by atoms with E-state index >= 15 is 0 Å². The second-order valence-corrected chi connectivity index (χ2v) is 5.60. The van der Waals surface area contributed by atoms with E-state index in [4.69, 9.17) is 5.11 Å². The molecule has 1 aliphatic rings. The van der Waals surface area contributed by atoms with Gasteiger partial charge in [0.15, 0.2) is 0 Å². The van der Waals surface area contributed by atoms with Gasteiger partial charge in [-0.25, -0.2) is 4.79 Å². The first-order valence-electron chi connectivity index (χ1n) is 7.77. The molecule has 6 nitrogen and oxygen atoms in total. The van der Waals surface area contributed by atoms with Crippen LogP contribution < -0.4 is 0 Å². The molecule has 134 valence electrons. The lowest BCUT2D eigenvalue weighted by Gasteiger charge is -2.30. The second-order valence-electron chi connectivity index (χ2n) is 5.60. The zero-order valence-corrected chi connectivity index (χ0v) is 13.5. The van der Waals surface area contributed by atoms with Crippen LogP contribution in [0.4, 0.5) is 13.2 Å². The maximum atomic E-state index is 13.3. The summed E-state index contributed by atoms with van der Waals surface area (Å²) in [5, 5.41) is 9.01. The summed E-state index contributed by atoms with van der Waals surface area (Å²) in [5.41, 5.74) is -2.84. The van der Waals surface area contributed by atoms with E-state index in [0.717, 1.165) is 13.1 Å². The molecule has 9 heteroatoms. The third-order valence-corrected chi connectivity index (χ3v) is 4.29. The summed E-state index contributed by atoms with van der Waals surface area (Å²) in [4.78, 5) is 29.3. The highest BCUT2D eigenvalue weighted by atomic mass is 19.4. The second kappa shape index (κ2) is 6.84. The number of aromatic carboxylic acids is 1. The van der Waals surface area contributed by atoms with Crippen molar-refractivity contribution in [3.8, 4) is 0 Å². The minimum Gasteiger partial charge on any atom is -0.477 e. The smallest absolute Gasteiger partial charge is 0.419 e. The largest absolute Gasteiger partial charge is 0.477 e. The summed E-state index contributed by atoms with van der Waals surface area (Å²) < 4.78 is 39.9. The highest BCUT2D eigenvalue weighted by Crippen LogP contribution is 2.38. The van der Waals surface area contributed by atoms with Crippen LogP contribution in [0.5, 0.6) is 0 Å². The van der Waals surface area contributed by atoms with E-state index in [1.165, 1.54) is 4.90 Å². The first-order chi connectivity index (χ1) is 11.2. The Morgan fingerprint density at radius 3 is 2.46 bits per heavy atom. The number of nitrogens with one attached hydrogen (secondary N) is 1. The Kier molecular flexibility index (Phi) is 5.22. The number of likely N-dealkylation sites (N-methyl/N-ethyl adjacent to an activating group) is 1. The molecule has 2 rings (SSSR count). The summed E-state index contributed by atoms with van der Waals surface area (Å²) in [7, 11) is 0. The SMILES string of the molecule is CCN(CC)CCN1CCc2[nH]c(C(=O)O)c(C(F)(F)F)c2C1=O. The lowest BCUT2D eigenvalue weighted by atomic mass is 10.0. The summed E-state index contributed by atoms with van der Waals surface area (Å²) >= 11 is 0. The topological polar surface area (TPSA) is 76.6 Å². The molecule has 0 bridgehead atoms. The van der Waals surface area contributed by atoms with E-state index < -0.39 is 34.9 Å². The Bertz CT molecular complexity index is 636. The van der Waals surface area contributed by atoms with Crippen LogP contribution in [0.15, 0.2) is 0 Å². The number of carbonyl (C=O) groups is 2. The van der Waals surface area contributed by atoms with Crippen molar-refractivity contribution >= 4 is 11.9 Å². The van der Waals surface area contributed by atoms with Gasteiger partial charge < -0.3 is 19.9 Å². The predicted molar refractivity (Wildman–Crippen MR) is 80.1 cm³/mol. The average molecular weight is 347 g/mol. The first-order valence-corrected chi connectivity index (χ1v) is 7.77. The fraction of sp³-hybridized carbons (Fsp3) is 0.600. The number of fused-ring (bicyclic) bond motifs is 1. The van der Waals surface area contributed by atoms with Gasteiger partial charge in [0.25, 0.3) is 5.91 Å². The molecule has 0 aliphatic carbocycles. The van der Waals surface area contributed by atoms with Gasteiger partial charge in [0.1, 0.15) is 11.3 Å². The van der Waals surface area contributed by atoms with Gasteiger partial charge in [-0.2, -0.15) is 13.2 Å². The quantitative estimate of drug-likeness (QED) is 0.826. The van der Waals surface area contributed by atoms with Crippen LogP contribution in [0.2, 0.25) is 0 Å². The molecular weight excluding hydrogens is 327 g/mol. The van der Waals surface area contributed by atoms with Crippen LogP contribution in [-0.4, -0.2) is 64.5 Å². The number of hydrogen-bond acceptors (Lipinski definition) is 3. The number of carbonyl (C=O) groups excluding carboxylic acids is 1. The summed E-state index contributed by atoms with van der Waals surface area (Å²) in [6.07, 6.45) is -4.73. The molecule has 2 N–H and O–H groups in total. The van der Waals surface area contributed by atoms with E-state index in [1.54, 1.807) is 0 Å². The van der Waals surface area contributed by atoms with Crippen LogP contribution in [0.25, 0.3) is 0 Å². The molecular formula is C15H20F3N3O3. The Hall–Kier alpha value is -2.03. The Labute approximate surface area is 137 Å². The van der Waals surface area contributed by atoms with E-state index in [1.807, 2.05) is 13.8 Å². The molecule has 0 aromatic carbocycles. The minimum absolute atomic E-state index is 0.0452. The average Bonchev–Trinajstić information content (AvgIpc) is 2.91. The van der Waals surface area contributed by atoms with Gasteiger partial charge in [-0.15, -0.1) is 0 Å². The van der Waals surface area contributed by atoms with Gasteiger partial charge in [-0.1, -0.05) is 13.8 Å². The zero-order valence-electron chi connectivity index (χ0n) is 13.5. The van der Waals surface area contributed by atoms with Crippen LogP contribution in [0, 0.1) is 0 Å². The predicted octanol–water partition coefficient (Wildman–Crippen LogP) is 2.07. The number of rotatable bonds is 6. The molecule has 0 unspecified atom stereocenters. The number of amides is 1. The van der Waals surface area contributed by atoms with E-state index in [-0.39, 0.29) is 18.7 Å². The first kappa shape index (κ1) is 18.3.